The molecule has 1 unspecified atom stereocenters. The minimum Gasteiger partial charge on any atom is -0.465 e. The van der Waals surface area contributed by atoms with Crippen molar-refractivity contribution >= 4 is 33.3 Å². The SMILES string of the molecule is COC(=O)c1sccc1S(=O)(=O)N1CCCC2(C1)OC(=O)c1ccccc12. The molecule has 1 spiro atoms. The number of esters is 2. The Kier molecular flexibility index (Phi) is 4.32. The lowest BCUT2D eigenvalue weighted by molar-refractivity contribution is -0.0345. The van der Waals surface area contributed by atoms with Gasteiger partial charge in [-0.3, -0.25) is 0 Å². The van der Waals surface area contributed by atoms with Crippen LogP contribution in [0.5, 0.6) is 0 Å². The number of thiophene rings is 1. The van der Waals surface area contributed by atoms with Gasteiger partial charge in [0.05, 0.1) is 19.2 Å². The molecule has 1 fully saturated rings. The molecule has 0 amide bonds. The molecule has 0 aliphatic carbocycles. The van der Waals surface area contributed by atoms with Crippen molar-refractivity contribution < 1.29 is 27.5 Å². The monoisotopic (exact) mass is 407 g/mol. The largest absolute Gasteiger partial charge is 0.465 e. The zero-order valence-electron chi connectivity index (χ0n) is 14.5. The van der Waals surface area contributed by atoms with Crippen LogP contribution < -0.4 is 0 Å². The molecule has 4 rings (SSSR count). The molecule has 1 atom stereocenters. The van der Waals surface area contributed by atoms with Crippen molar-refractivity contribution in [1.29, 1.82) is 0 Å². The van der Waals surface area contributed by atoms with E-state index in [0.717, 1.165) is 11.3 Å². The van der Waals surface area contributed by atoms with Gasteiger partial charge < -0.3 is 9.47 Å². The average Bonchev–Trinajstić information content (AvgIpc) is 3.26. The summed E-state index contributed by atoms with van der Waals surface area (Å²) in [5, 5.41) is 1.55. The molecule has 142 valence electrons. The summed E-state index contributed by atoms with van der Waals surface area (Å²) in [6.07, 6.45) is 1.09. The molecule has 9 heteroatoms. The molecule has 0 N–H and O–H groups in total. The molecule has 27 heavy (non-hydrogen) atoms. The number of hydrogen-bond donors (Lipinski definition) is 0. The second-order valence-electron chi connectivity index (χ2n) is 6.48. The van der Waals surface area contributed by atoms with E-state index in [9.17, 15) is 18.0 Å². The normalized spacial score (nSPS) is 22.5. The fraction of sp³-hybridized carbons (Fsp3) is 0.333. The number of ether oxygens (including phenoxy) is 2. The first-order chi connectivity index (χ1) is 12.9. The third-order valence-corrected chi connectivity index (χ3v) is 7.87. The van der Waals surface area contributed by atoms with Gasteiger partial charge in [0.15, 0.2) is 5.60 Å². The third kappa shape index (κ3) is 2.77. The average molecular weight is 407 g/mol. The topological polar surface area (TPSA) is 90.0 Å². The van der Waals surface area contributed by atoms with Gasteiger partial charge in [-0.15, -0.1) is 11.3 Å². The van der Waals surface area contributed by atoms with Gasteiger partial charge >= 0.3 is 11.9 Å². The summed E-state index contributed by atoms with van der Waals surface area (Å²) in [5.74, 6) is -1.12. The molecular formula is C18H17NO6S2. The van der Waals surface area contributed by atoms with Crippen molar-refractivity contribution in [3.05, 3.63) is 51.7 Å². The summed E-state index contributed by atoms with van der Waals surface area (Å²) in [6, 6.07) is 8.46. The lowest BCUT2D eigenvalue weighted by Gasteiger charge is -2.38. The molecular weight excluding hydrogens is 390 g/mol. The number of carbonyl (C=O) groups excluding carboxylic acids is 2. The van der Waals surface area contributed by atoms with Gasteiger partial charge in [0, 0.05) is 12.1 Å². The van der Waals surface area contributed by atoms with Crippen molar-refractivity contribution in [3.63, 3.8) is 0 Å². The van der Waals surface area contributed by atoms with Gasteiger partial charge in [0.1, 0.15) is 9.77 Å². The van der Waals surface area contributed by atoms with Crippen LogP contribution in [0.4, 0.5) is 0 Å². The van der Waals surface area contributed by atoms with Crippen LogP contribution in [0.3, 0.4) is 0 Å². The fourth-order valence-electron chi connectivity index (χ4n) is 3.72. The Labute approximate surface area is 160 Å². The van der Waals surface area contributed by atoms with E-state index >= 15 is 0 Å². The Morgan fingerprint density at radius 2 is 2.07 bits per heavy atom. The Morgan fingerprint density at radius 1 is 1.30 bits per heavy atom. The highest BCUT2D eigenvalue weighted by Gasteiger charge is 2.50. The summed E-state index contributed by atoms with van der Waals surface area (Å²) >= 11 is 1.02. The van der Waals surface area contributed by atoms with Crippen LogP contribution in [-0.2, 0) is 25.1 Å². The number of fused-ring (bicyclic) bond motifs is 2. The first-order valence-electron chi connectivity index (χ1n) is 8.38. The number of rotatable bonds is 3. The summed E-state index contributed by atoms with van der Waals surface area (Å²) in [7, 11) is -2.72. The fourth-order valence-corrected chi connectivity index (χ4v) is 6.55. The van der Waals surface area contributed by atoms with E-state index in [1.807, 2.05) is 6.07 Å². The maximum absolute atomic E-state index is 13.2. The van der Waals surface area contributed by atoms with Crippen LogP contribution in [-0.4, -0.2) is 44.9 Å². The number of sulfonamides is 1. The minimum atomic E-state index is -3.94. The van der Waals surface area contributed by atoms with Gasteiger partial charge in [-0.25, -0.2) is 18.0 Å². The van der Waals surface area contributed by atoms with Crippen LogP contribution >= 0.6 is 11.3 Å². The Bertz CT molecular complexity index is 1030. The van der Waals surface area contributed by atoms with Crippen molar-refractivity contribution in [3.8, 4) is 0 Å². The molecule has 3 heterocycles. The number of methoxy groups -OCH3 is 1. The molecule has 1 aromatic carbocycles. The van der Waals surface area contributed by atoms with Crippen molar-refractivity contribution in [2.45, 2.75) is 23.3 Å². The molecule has 2 aliphatic heterocycles. The van der Waals surface area contributed by atoms with Crippen LogP contribution in [0.25, 0.3) is 0 Å². The molecule has 7 nitrogen and oxygen atoms in total. The Morgan fingerprint density at radius 3 is 2.85 bits per heavy atom. The maximum atomic E-state index is 13.2. The molecule has 2 aromatic rings. The Balaban J connectivity index is 1.72. The molecule has 1 aromatic heterocycles. The van der Waals surface area contributed by atoms with Crippen molar-refractivity contribution in [2.24, 2.45) is 0 Å². The lowest BCUT2D eigenvalue weighted by Crippen LogP contribution is -2.48. The first kappa shape index (κ1) is 18.1. The predicted molar refractivity (Wildman–Crippen MR) is 97.2 cm³/mol. The van der Waals surface area contributed by atoms with Gasteiger partial charge in [-0.1, -0.05) is 18.2 Å². The van der Waals surface area contributed by atoms with Crippen LogP contribution in [0.15, 0.2) is 40.6 Å². The van der Waals surface area contributed by atoms with E-state index in [1.165, 1.54) is 17.5 Å². The van der Waals surface area contributed by atoms with E-state index in [4.69, 9.17) is 9.47 Å². The number of piperidine rings is 1. The summed E-state index contributed by atoms with van der Waals surface area (Å²) in [6.45, 7) is 0.314. The van der Waals surface area contributed by atoms with Crippen LogP contribution in [0.2, 0.25) is 0 Å². The number of carbonyl (C=O) groups is 2. The maximum Gasteiger partial charge on any atom is 0.349 e. The smallest absolute Gasteiger partial charge is 0.349 e. The quantitative estimate of drug-likeness (QED) is 0.726. The molecule has 0 saturated carbocycles. The lowest BCUT2D eigenvalue weighted by atomic mass is 9.86. The highest BCUT2D eigenvalue weighted by Crippen LogP contribution is 2.44. The van der Waals surface area contributed by atoms with Crippen LogP contribution in [0, 0.1) is 0 Å². The summed E-state index contributed by atoms with van der Waals surface area (Å²) in [5.41, 5.74) is 0.205. The highest BCUT2D eigenvalue weighted by molar-refractivity contribution is 7.89. The van der Waals surface area contributed by atoms with Gasteiger partial charge in [0.25, 0.3) is 0 Å². The standard InChI is InChI=1S/C18H17NO6S2/c1-24-17(21)15-14(7-10-26-15)27(22,23)19-9-4-8-18(11-19)13-6-3-2-5-12(13)16(20)25-18/h2-3,5-7,10H,4,8-9,11H2,1H3. The van der Waals surface area contributed by atoms with E-state index in [-0.39, 0.29) is 16.3 Å². The van der Waals surface area contributed by atoms with Gasteiger partial charge in [0.2, 0.25) is 10.0 Å². The zero-order valence-corrected chi connectivity index (χ0v) is 16.1. The Hall–Kier alpha value is -2.23. The number of hydrogen-bond acceptors (Lipinski definition) is 7. The number of nitrogens with zero attached hydrogens (tertiary/aromatic N) is 1. The number of benzene rings is 1. The molecule has 0 bridgehead atoms. The summed E-state index contributed by atoms with van der Waals surface area (Å²) < 4.78 is 38.1. The summed E-state index contributed by atoms with van der Waals surface area (Å²) in [4.78, 5) is 24.1. The van der Waals surface area contributed by atoms with Gasteiger partial charge in [-0.05, 0) is 30.4 Å². The predicted octanol–water partition coefficient (Wildman–Crippen LogP) is 2.39. The zero-order chi connectivity index (χ0) is 19.2. The van der Waals surface area contributed by atoms with Crippen molar-refractivity contribution in [1.82, 2.24) is 4.31 Å². The van der Waals surface area contributed by atoms with E-state index in [1.54, 1.807) is 23.6 Å². The van der Waals surface area contributed by atoms with E-state index in [2.05, 4.69) is 0 Å². The highest BCUT2D eigenvalue weighted by atomic mass is 32.2. The molecule has 0 radical (unpaired) electrons. The second-order valence-corrected chi connectivity index (χ2v) is 9.30. The van der Waals surface area contributed by atoms with Crippen LogP contribution in [0.1, 0.15) is 38.4 Å². The van der Waals surface area contributed by atoms with E-state index < -0.39 is 27.6 Å². The molecule has 1 saturated heterocycles. The third-order valence-electron chi connectivity index (χ3n) is 4.96. The van der Waals surface area contributed by atoms with Gasteiger partial charge in [-0.2, -0.15) is 4.31 Å². The second kappa shape index (κ2) is 6.43. The van der Waals surface area contributed by atoms with E-state index in [0.29, 0.717) is 30.5 Å². The van der Waals surface area contributed by atoms with Crippen molar-refractivity contribution in [2.75, 3.05) is 20.2 Å². The molecule has 2 aliphatic rings. The first-order valence-corrected chi connectivity index (χ1v) is 10.7. The minimum absolute atomic E-state index is 0.0224.